The fourth-order valence-electron chi connectivity index (χ4n) is 1.62. The third-order valence-corrected chi connectivity index (χ3v) is 4.05. The minimum Gasteiger partial charge on any atom is -0.310 e. The molecule has 0 spiro atoms. The van der Waals surface area contributed by atoms with Gasteiger partial charge in [-0.3, -0.25) is 0 Å². The van der Waals surface area contributed by atoms with Crippen molar-refractivity contribution in [1.82, 2.24) is 10.0 Å². The van der Waals surface area contributed by atoms with Crippen molar-refractivity contribution in [3.63, 3.8) is 0 Å². The van der Waals surface area contributed by atoms with Gasteiger partial charge in [-0.05, 0) is 32.9 Å². The molecule has 1 aromatic heterocycles. The maximum atomic E-state index is 11.1. The van der Waals surface area contributed by atoms with E-state index in [1.165, 1.54) is 16.0 Å². The Kier molecular flexibility index (Phi) is 4.71. The second-order valence-electron chi connectivity index (χ2n) is 4.87. The van der Waals surface area contributed by atoms with Gasteiger partial charge in [0.1, 0.15) is 0 Å². The van der Waals surface area contributed by atoms with E-state index in [0.717, 1.165) is 6.54 Å². The molecule has 0 aliphatic rings. The molecule has 1 aromatic rings. The van der Waals surface area contributed by atoms with Crippen molar-refractivity contribution < 1.29 is 8.42 Å². The first-order valence-electron chi connectivity index (χ1n) is 5.43. The summed E-state index contributed by atoms with van der Waals surface area (Å²) in [4.78, 5) is 2.55. The summed E-state index contributed by atoms with van der Waals surface area (Å²) < 4.78 is 24.9. The van der Waals surface area contributed by atoms with E-state index in [0.29, 0.717) is 6.54 Å². The van der Waals surface area contributed by atoms with E-state index in [4.69, 9.17) is 0 Å². The highest BCUT2D eigenvalue weighted by molar-refractivity contribution is 7.88. The second kappa shape index (κ2) is 5.48. The molecule has 17 heavy (non-hydrogen) atoms. The first-order valence-corrected chi connectivity index (χ1v) is 8.14. The molecular weight excluding hydrogens is 256 g/mol. The molecular formula is C11H20N2O2S2. The predicted octanol–water partition coefficient (Wildman–Crippen LogP) is 1.47. The number of thiophene rings is 1. The largest absolute Gasteiger partial charge is 0.310 e. The van der Waals surface area contributed by atoms with Gasteiger partial charge in [0.25, 0.3) is 0 Å². The molecule has 0 aromatic carbocycles. The summed E-state index contributed by atoms with van der Waals surface area (Å²) in [6.45, 7) is 7.16. The van der Waals surface area contributed by atoms with E-state index in [1.54, 1.807) is 11.3 Å². The predicted molar refractivity (Wildman–Crippen MR) is 72.8 cm³/mol. The van der Waals surface area contributed by atoms with E-state index in [2.05, 4.69) is 29.1 Å². The van der Waals surface area contributed by atoms with E-state index < -0.39 is 15.6 Å². The minimum atomic E-state index is -3.16. The van der Waals surface area contributed by atoms with Crippen LogP contribution in [-0.4, -0.2) is 26.8 Å². The molecule has 0 bridgehead atoms. The van der Waals surface area contributed by atoms with Crippen LogP contribution >= 0.6 is 11.3 Å². The summed E-state index contributed by atoms with van der Waals surface area (Å²) in [5, 5.41) is 3.26. The first-order chi connectivity index (χ1) is 7.68. The lowest BCUT2D eigenvalue weighted by Gasteiger charge is -2.25. The first kappa shape index (κ1) is 14.6. The highest BCUT2D eigenvalue weighted by atomic mass is 32.2. The zero-order valence-corrected chi connectivity index (χ0v) is 12.3. The van der Waals surface area contributed by atoms with Crippen molar-refractivity contribution in [1.29, 1.82) is 0 Å². The molecule has 0 unspecified atom stereocenters. The molecule has 4 nitrogen and oxygen atoms in total. The van der Waals surface area contributed by atoms with Gasteiger partial charge in [-0.2, -0.15) is 0 Å². The Morgan fingerprint density at radius 2 is 2.00 bits per heavy atom. The van der Waals surface area contributed by atoms with E-state index in [-0.39, 0.29) is 0 Å². The Morgan fingerprint density at radius 3 is 2.47 bits per heavy atom. The molecule has 98 valence electrons. The molecule has 6 heteroatoms. The molecule has 0 atom stereocenters. The Labute approximate surface area is 107 Å². The van der Waals surface area contributed by atoms with Gasteiger partial charge in [0.15, 0.2) is 0 Å². The smallest absolute Gasteiger partial charge is 0.209 e. The lowest BCUT2D eigenvalue weighted by atomic mass is 10.1. The van der Waals surface area contributed by atoms with Crippen molar-refractivity contribution >= 4 is 21.4 Å². The summed E-state index contributed by atoms with van der Waals surface area (Å²) in [6, 6.07) is 4.17. The molecule has 0 aliphatic carbocycles. The van der Waals surface area contributed by atoms with Gasteiger partial charge < -0.3 is 5.32 Å². The van der Waals surface area contributed by atoms with Gasteiger partial charge in [-0.15, -0.1) is 11.3 Å². The molecule has 0 saturated carbocycles. The van der Waals surface area contributed by atoms with Crippen LogP contribution in [0.25, 0.3) is 0 Å². The van der Waals surface area contributed by atoms with Crippen LogP contribution in [0.5, 0.6) is 0 Å². The van der Waals surface area contributed by atoms with Crippen LogP contribution in [0.4, 0.5) is 0 Å². The molecule has 1 rings (SSSR count). The number of hydrogen-bond donors (Lipinski definition) is 2. The average molecular weight is 276 g/mol. The van der Waals surface area contributed by atoms with Gasteiger partial charge in [-0.25, -0.2) is 13.1 Å². The zero-order valence-electron chi connectivity index (χ0n) is 10.7. The van der Waals surface area contributed by atoms with Crippen LogP contribution < -0.4 is 10.0 Å². The molecule has 2 N–H and O–H groups in total. The summed E-state index contributed by atoms with van der Waals surface area (Å²) in [5.41, 5.74) is -0.472. The van der Waals surface area contributed by atoms with Crippen LogP contribution in [0, 0.1) is 6.92 Å². The Bertz CT molecular complexity index is 464. The number of nitrogens with one attached hydrogen (secondary N) is 2. The molecule has 0 saturated heterocycles. The molecule has 0 fully saturated rings. The minimum absolute atomic E-state index is 0.472. The van der Waals surface area contributed by atoms with Crippen LogP contribution in [0.1, 0.15) is 23.6 Å². The molecule has 0 aliphatic heterocycles. The van der Waals surface area contributed by atoms with Crippen molar-refractivity contribution in [3.8, 4) is 0 Å². The monoisotopic (exact) mass is 276 g/mol. The second-order valence-corrected chi connectivity index (χ2v) is 7.99. The Hall–Kier alpha value is -0.430. The Morgan fingerprint density at radius 1 is 1.35 bits per heavy atom. The van der Waals surface area contributed by atoms with Crippen molar-refractivity contribution in [2.75, 3.05) is 12.8 Å². The van der Waals surface area contributed by atoms with Crippen molar-refractivity contribution in [2.45, 2.75) is 32.9 Å². The van der Waals surface area contributed by atoms with Gasteiger partial charge in [0.05, 0.1) is 6.26 Å². The van der Waals surface area contributed by atoms with E-state index in [9.17, 15) is 8.42 Å². The third kappa shape index (κ3) is 6.16. The fraction of sp³-hybridized carbons (Fsp3) is 0.636. The van der Waals surface area contributed by atoms with Crippen molar-refractivity contribution in [3.05, 3.63) is 21.9 Å². The lowest BCUT2D eigenvalue weighted by Crippen LogP contribution is -2.49. The van der Waals surface area contributed by atoms with Gasteiger partial charge in [-0.1, -0.05) is 0 Å². The lowest BCUT2D eigenvalue weighted by molar-refractivity contribution is 0.422. The number of sulfonamides is 1. The SMILES string of the molecule is Cc1ccc(CNCC(C)(C)NS(C)(=O)=O)s1. The highest BCUT2D eigenvalue weighted by Crippen LogP contribution is 2.14. The van der Waals surface area contributed by atoms with Crippen LogP contribution in [0.3, 0.4) is 0 Å². The van der Waals surface area contributed by atoms with Crippen molar-refractivity contribution in [2.24, 2.45) is 0 Å². The van der Waals surface area contributed by atoms with Gasteiger partial charge in [0.2, 0.25) is 10.0 Å². The standard InChI is InChI=1S/C11H20N2O2S2/c1-9-5-6-10(16-9)7-12-8-11(2,3)13-17(4,14)15/h5-6,12-13H,7-8H2,1-4H3. The topological polar surface area (TPSA) is 58.2 Å². The number of hydrogen-bond acceptors (Lipinski definition) is 4. The zero-order chi connectivity index (χ0) is 13.1. The maximum Gasteiger partial charge on any atom is 0.209 e. The number of aryl methyl sites for hydroxylation is 1. The van der Waals surface area contributed by atoms with Crippen LogP contribution in [0.2, 0.25) is 0 Å². The third-order valence-electron chi connectivity index (χ3n) is 2.12. The molecule has 1 heterocycles. The van der Waals surface area contributed by atoms with E-state index in [1.807, 2.05) is 13.8 Å². The summed E-state index contributed by atoms with van der Waals surface area (Å²) >= 11 is 1.75. The summed E-state index contributed by atoms with van der Waals surface area (Å²) in [6.07, 6.45) is 1.18. The molecule has 0 amide bonds. The Balaban J connectivity index is 2.40. The quantitative estimate of drug-likeness (QED) is 0.827. The van der Waals surface area contributed by atoms with E-state index >= 15 is 0 Å². The van der Waals surface area contributed by atoms with Gasteiger partial charge in [0, 0.05) is 28.4 Å². The average Bonchev–Trinajstić information content (AvgIpc) is 2.46. The number of rotatable bonds is 6. The van der Waals surface area contributed by atoms with Gasteiger partial charge >= 0.3 is 0 Å². The van der Waals surface area contributed by atoms with Crippen LogP contribution in [-0.2, 0) is 16.6 Å². The van der Waals surface area contributed by atoms with Crippen LogP contribution in [0.15, 0.2) is 12.1 Å². The maximum absolute atomic E-state index is 11.1. The normalized spacial score (nSPS) is 12.9. The fourth-order valence-corrected chi connectivity index (χ4v) is 3.55. The molecule has 0 radical (unpaired) electrons. The summed E-state index contributed by atoms with van der Waals surface area (Å²) in [7, 11) is -3.16. The highest BCUT2D eigenvalue weighted by Gasteiger charge is 2.21. The summed E-state index contributed by atoms with van der Waals surface area (Å²) in [5.74, 6) is 0.